The molecule has 158 valence electrons. The number of hydrogen-bond donors (Lipinski definition) is 0. The monoisotopic (exact) mass is 442 g/mol. The summed E-state index contributed by atoms with van der Waals surface area (Å²) >= 11 is 7.98. The van der Waals surface area contributed by atoms with Gasteiger partial charge in [0, 0.05) is 58.8 Å². The zero-order chi connectivity index (χ0) is 21.5. The van der Waals surface area contributed by atoms with Gasteiger partial charge < -0.3 is 14.2 Å². The highest BCUT2D eigenvalue weighted by Crippen LogP contribution is 2.37. The molecular formula is C24H27ClN2O2S. The van der Waals surface area contributed by atoms with E-state index in [2.05, 4.69) is 24.6 Å². The summed E-state index contributed by atoms with van der Waals surface area (Å²) in [6.07, 6.45) is 0. The summed E-state index contributed by atoms with van der Waals surface area (Å²) in [4.78, 5) is 15.0. The number of benzene rings is 2. The molecule has 1 aliphatic heterocycles. The summed E-state index contributed by atoms with van der Waals surface area (Å²) in [7, 11) is 2.07. The Morgan fingerprint density at radius 3 is 2.43 bits per heavy atom. The van der Waals surface area contributed by atoms with Crippen LogP contribution in [-0.2, 0) is 11.8 Å². The number of ether oxygens (including phenoxy) is 1. The summed E-state index contributed by atoms with van der Waals surface area (Å²) in [5, 5.41) is 1.82. The molecule has 0 spiro atoms. The number of halogens is 1. The fraction of sp³-hybridized carbons (Fsp3) is 0.375. The molecule has 1 amide bonds. The number of aryl methyl sites for hydroxylation is 1. The Balaban J connectivity index is 1.69. The summed E-state index contributed by atoms with van der Waals surface area (Å²) in [5.41, 5.74) is 3.65. The lowest BCUT2D eigenvalue weighted by molar-refractivity contribution is -0.145. The zero-order valence-electron chi connectivity index (χ0n) is 17.9. The van der Waals surface area contributed by atoms with Crippen molar-refractivity contribution in [3.05, 3.63) is 53.2 Å². The van der Waals surface area contributed by atoms with E-state index in [1.54, 1.807) is 0 Å². The maximum absolute atomic E-state index is 13.0. The molecule has 1 aromatic heterocycles. The Labute approximate surface area is 187 Å². The van der Waals surface area contributed by atoms with E-state index in [4.69, 9.17) is 16.3 Å². The van der Waals surface area contributed by atoms with Crippen molar-refractivity contribution in [1.82, 2.24) is 9.47 Å². The Bertz CT molecular complexity index is 1080. The summed E-state index contributed by atoms with van der Waals surface area (Å²) in [6, 6.07) is 14.0. The van der Waals surface area contributed by atoms with Gasteiger partial charge in [0.25, 0.3) is 5.91 Å². The van der Waals surface area contributed by atoms with Crippen molar-refractivity contribution < 1.29 is 9.53 Å². The zero-order valence-corrected chi connectivity index (χ0v) is 19.4. The van der Waals surface area contributed by atoms with Gasteiger partial charge in [0.05, 0.1) is 0 Å². The third-order valence-electron chi connectivity index (χ3n) is 5.78. The average molecular weight is 443 g/mol. The molecule has 0 N–H and O–H groups in total. The first-order valence-corrected chi connectivity index (χ1v) is 11.7. The number of carbonyl (C=O) groups excluding carboxylic acids is 1. The number of thioether (sulfide) groups is 1. The molecule has 0 aliphatic carbocycles. The van der Waals surface area contributed by atoms with Crippen molar-refractivity contribution in [2.75, 3.05) is 24.6 Å². The van der Waals surface area contributed by atoms with Gasteiger partial charge in [-0.05, 0) is 56.7 Å². The first-order valence-electron chi connectivity index (χ1n) is 10.2. The van der Waals surface area contributed by atoms with Crippen LogP contribution in [0.15, 0.2) is 42.5 Å². The van der Waals surface area contributed by atoms with Crippen molar-refractivity contribution in [3.8, 4) is 16.9 Å². The molecule has 1 aliphatic rings. The summed E-state index contributed by atoms with van der Waals surface area (Å²) < 4.78 is 8.44. The number of hydrogen-bond acceptors (Lipinski definition) is 3. The largest absolute Gasteiger partial charge is 0.478 e. The maximum atomic E-state index is 13.0. The first kappa shape index (κ1) is 21.1. The van der Waals surface area contributed by atoms with Crippen LogP contribution < -0.4 is 4.74 Å². The number of nitrogens with zero attached hydrogens (tertiary/aromatic N) is 2. The minimum Gasteiger partial charge on any atom is -0.478 e. The van der Waals surface area contributed by atoms with Gasteiger partial charge in [-0.15, -0.1) is 0 Å². The van der Waals surface area contributed by atoms with E-state index in [9.17, 15) is 4.79 Å². The van der Waals surface area contributed by atoms with E-state index >= 15 is 0 Å². The van der Waals surface area contributed by atoms with Crippen LogP contribution in [0, 0.1) is 6.92 Å². The van der Waals surface area contributed by atoms with Crippen LogP contribution in [0.1, 0.15) is 19.5 Å². The summed E-state index contributed by atoms with van der Waals surface area (Å²) in [5.74, 6) is 2.72. The highest BCUT2D eigenvalue weighted by atomic mass is 35.5. The quantitative estimate of drug-likeness (QED) is 0.532. The number of carbonyl (C=O) groups is 1. The molecule has 4 rings (SSSR count). The fourth-order valence-corrected chi connectivity index (χ4v) is 5.11. The Kier molecular flexibility index (Phi) is 5.78. The maximum Gasteiger partial charge on any atom is 0.266 e. The predicted molar refractivity (Wildman–Crippen MR) is 127 cm³/mol. The SMILES string of the molecule is Cc1c(-c2ccc(Cl)cc2)c2cc(OC(C)(C)C(=O)N3CCSCC3)ccc2n1C. The molecule has 6 heteroatoms. The van der Waals surface area contributed by atoms with E-state index < -0.39 is 5.60 Å². The van der Waals surface area contributed by atoms with E-state index in [1.807, 2.05) is 66.9 Å². The molecule has 0 saturated carbocycles. The normalized spacial score (nSPS) is 14.9. The molecule has 0 bridgehead atoms. The minimum absolute atomic E-state index is 0.0464. The number of amides is 1. The molecule has 4 nitrogen and oxygen atoms in total. The minimum atomic E-state index is -0.917. The van der Waals surface area contributed by atoms with E-state index in [0.717, 1.165) is 51.6 Å². The van der Waals surface area contributed by atoms with Crippen molar-refractivity contribution in [1.29, 1.82) is 0 Å². The van der Waals surface area contributed by atoms with Crippen LogP contribution in [-0.4, -0.2) is 45.6 Å². The smallest absolute Gasteiger partial charge is 0.266 e. The van der Waals surface area contributed by atoms with Gasteiger partial charge in [-0.3, -0.25) is 4.79 Å². The van der Waals surface area contributed by atoms with Crippen molar-refractivity contribution >= 4 is 40.2 Å². The molecular weight excluding hydrogens is 416 g/mol. The van der Waals surface area contributed by atoms with E-state index in [1.165, 1.54) is 5.69 Å². The Hall–Kier alpha value is -2.11. The Morgan fingerprint density at radius 1 is 1.10 bits per heavy atom. The molecule has 1 fully saturated rings. The van der Waals surface area contributed by atoms with Gasteiger partial charge in [-0.25, -0.2) is 0 Å². The molecule has 2 aromatic carbocycles. The van der Waals surface area contributed by atoms with Gasteiger partial charge in [-0.2, -0.15) is 11.8 Å². The second-order valence-corrected chi connectivity index (χ2v) is 9.88. The topological polar surface area (TPSA) is 34.5 Å². The van der Waals surface area contributed by atoms with Gasteiger partial charge in [-0.1, -0.05) is 23.7 Å². The van der Waals surface area contributed by atoms with Crippen LogP contribution in [0.4, 0.5) is 0 Å². The van der Waals surface area contributed by atoms with E-state index in [-0.39, 0.29) is 5.91 Å². The van der Waals surface area contributed by atoms with Gasteiger partial charge >= 0.3 is 0 Å². The molecule has 1 saturated heterocycles. The number of rotatable bonds is 4. The van der Waals surface area contributed by atoms with Crippen molar-refractivity contribution in [3.63, 3.8) is 0 Å². The number of fused-ring (bicyclic) bond motifs is 1. The Morgan fingerprint density at radius 2 is 1.77 bits per heavy atom. The van der Waals surface area contributed by atoms with Crippen LogP contribution >= 0.6 is 23.4 Å². The molecule has 30 heavy (non-hydrogen) atoms. The van der Waals surface area contributed by atoms with Gasteiger partial charge in [0.2, 0.25) is 0 Å². The lowest BCUT2D eigenvalue weighted by Gasteiger charge is -2.34. The first-order chi connectivity index (χ1) is 14.3. The lowest BCUT2D eigenvalue weighted by Crippen LogP contribution is -2.51. The standard InChI is InChI=1S/C24H27ClN2O2S/c1-16-22(17-5-7-18(25)8-6-17)20-15-19(9-10-21(20)26(16)4)29-24(2,3)23(28)27-11-13-30-14-12-27/h5-10,15H,11-14H2,1-4H3. The van der Waals surface area contributed by atoms with E-state index in [0.29, 0.717) is 5.75 Å². The van der Waals surface area contributed by atoms with Gasteiger partial charge in [0.1, 0.15) is 5.75 Å². The second-order valence-electron chi connectivity index (χ2n) is 8.22. The highest BCUT2D eigenvalue weighted by Gasteiger charge is 2.35. The molecule has 0 unspecified atom stereocenters. The highest BCUT2D eigenvalue weighted by molar-refractivity contribution is 7.99. The lowest BCUT2D eigenvalue weighted by atomic mass is 10.0. The van der Waals surface area contributed by atoms with Crippen LogP contribution in [0.3, 0.4) is 0 Å². The van der Waals surface area contributed by atoms with Crippen molar-refractivity contribution in [2.24, 2.45) is 7.05 Å². The number of aromatic nitrogens is 1. The molecule has 0 atom stereocenters. The van der Waals surface area contributed by atoms with Crippen LogP contribution in [0.25, 0.3) is 22.0 Å². The molecule has 2 heterocycles. The third-order valence-corrected chi connectivity index (χ3v) is 6.98. The fourth-order valence-electron chi connectivity index (χ4n) is 4.08. The van der Waals surface area contributed by atoms with Crippen LogP contribution in [0.5, 0.6) is 5.75 Å². The third kappa shape index (κ3) is 3.93. The van der Waals surface area contributed by atoms with Crippen LogP contribution in [0.2, 0.25) is 5.02 Å². The second kappa shape index (κ2) is 8.20. The average Bonchev–Trinajstić information content (AvgIpc) is 2.98. The molecule has 3 aromatic rings. The predicted octanol–water partition coefficient (Wildman–Crippen LogP) is 5.54. The van der Waals surface area contributed by atoms with Gasteiger partial charge in [0.15, 0.2) is 5.60 Å². The molecule has 0 radical (unpaired) electrons. The summed E-state index contributed by atoms with van der Waals surface area (Å²) in [6.45, 7) is 7.41. The van der Waals surface area contributed by atoms with Crippen molar-refractivity contribution in [2.45, 2.75) is 26.4 Å².